The van der Waals surface area contributed by atoms with Gasteiger partial charge in [-0.1, -0.05) is 29.8 Å². The Morgan fingerprint density at radius 1 is 1.14 bits per heavy atom. The van der Waals surface area contributed by atoms with Crippen molar-refractivity contribution in [1.29, 1.82) is 0 Å². The van der Waals surface area contributed by atoms with E-state index in [1.54, 1.807) is 30.5 Å². The van der Waals surface area contributed by atoms with Crippen molar-refractivity contribution in [3.63, 3.8) is 0 Å². The van der Waals surface area contributed by atoms with Gasteiger partial charge >= 0.3 is 0 Å². The highest BCUT2D eigenvalue weighted by Gasteiger charge is 2.13. The van der Waals surface area contributed by atoms with Crippen molar-refractivity contribution in [3.05, 3.63) is 71.1 Å². The van der Waals surface area contributed by atoms with E-state index in [0.717, 1.165) is 5.39 Å². The van der Waals surface area contributed by atoms with Crippen LogP contribution in [0.25, 0.3) is 10.9 Å². The summed E-state index contributed by atoms with van der Waals surface area (Å²) >= 11 is 6.03. The van der Waals surface area contributed by atoms with Crippen molar-refractivity contribution < 1.29 is 9.18 Å². The van der Waals surface area contributed by atoms with Crippen molar-refractivity contribution in [2.45, 2.75) is 0 Å². The summed E-state index contributed by atoms with van der Waals surface area (Å²) in [4.78, 5) is 16.4. The molecule has 1 aromatic heterocycles. The second kappa shape index (κ2) is 5.50. The summed E-state index contributed by atoms with van der Waals surface area (Å²) in [6.45, 7) is 0. The fraction of sp³-hybridized carbons (Fsp3) is 0. The molecule has 0 unspecified atom stereocenters. The Morgan fingerprint density at radius 2 is 1.95 bits per heavy atom. The lowest BCUT2D eigenvalue weighted by molar-refractivity contribution is 0.102. The fourth-order valence-corrected chi connectivity index (χ4v) is 2.31. The number of anilines is 1. The van der Waals surface area contributed by atoms with Crippen LogP contribution in [0.4, 0.5) is 10.1 Å². The minimum Gasteiger partial charge on any atom is -0.320 e. The quantitative estimate of drug-likeness (QED) is 0.767. The van der Waals surface area contributed by atoms with E-state index >= 15 is 0 Å². The van der Waals surface area contributed by atoms with Gasteiger partial charge in [0.15, 0.2) is 0 Å². The van der Waals surface area contributed by atoms with Gasteiger partial charge in [-0.25, -0.2) is 4.39 Å². The Labute approximate surface area is 125 Å². The van der Waals surface area contributed by atoms with Crippen LogP contribution >= 0.6 is 11.6 Å². The lowest BCUT2D eigenvalue weighted by Crippen LogP contribution is -2.14. The number of nitrogens with zero attached hydrogens (tertiary/aromatic N) is 1. The third-order valence-electron chi connectivity index (χ3n) is 3.04. The van der Waals surface area contributed by atoms with Gasteiger partial charge < -0.3 is 5.32 Å². The molecule has 0 fully saturated rings. The summed E-state index contributed by atoms with van der Waals surface area (Å²) in [5.74, 6) is -1.11. The number of benzene rings is 2. The standard InChI is InChI=1S/C16H10ClFN2O/c17-11-8-10-4-3-7-19-15(10)14(9-11)20-16(21)12-5-1-2-6-13(12)18/h1-9H,(H,20,21). The molecule has 0 atom stereocenters. The zero-order valence-electron chi connectivity index (χ0n) is 10.8. The molecule has 0 aliphatic heterocycles. The summed E-state index contributed by atoms with van der Waals surface area (Å²) in [6.07, 6.45) is 1.62. The van der Waals surface area contributed by atoms with Gasteiger partial charge in [-0.3, -0.25) is 9.78 Å². The average Bonchev–Trinajstić information content (AvgIpc) is 2.47. The molecule has 3 rings (SSSR count). The highest BCUT2D eigenvalue weighted by atomic mass is 35.5. The number of fused-ring (bicyclic) bond motifs is 1. The van der Waals surface area contributed by atoms with E-state index in [9.17, 15) is 9.18 Å². The van der Waals surface area contributed by atoms with Gasteiger partial charge in [-0.2, -0.15) is 0 Å². The second-order valence-corrected chi connectivity index (χ2v) is 4.90. The van der Waals surface area contributed by atoms with Crippen LogP contribution in [0.5, 0.6) is 0 Å². The normalized spacial score (nSPS) is 10.6. The lowest BCUT2D eigenvalue weighted by atomic mass is 10.1. The van der Waals surface area contributed by atoms with Gasteiger partial charge in [-0.15, -0.1) is 0 Å². The molecule has 0 aliphatic rings. The van der Waals surface area contributed by atoms with Crippen LogP contribution in [-0.4, -0.2) is 10.9 Å². The van der Waals surface area contributed by atoms with Gasteiger partial charge in [0.1, 0.15) is 5.82 Å². The maximum atomic E-state index is 13.6. The first-order valence-electron chi connectivity index (χ1n) is 6.25. The first kappa shape index (κ1) is 13.5. The molecule has 2 aromatic carbocycles. The smallest absolute Gasteiger partial charge is 0.258 e. The van der Waals surface area contributed by atoms with E-state index in [2.05, 4.69) is 10.3 Å². The summed E-state index contributed by atoms with van der Waals surface area (Å²) in [6, 6.07) is 12.8. The van der Waals surface area contributed by atoms with Gasteiger partial charge in [-0.05, 0) is 30.3 Å². The van der Waals surface area contributed by atoms with Crippen molar-refractivity contribution in [3.8, 4) is 0 Å². The minimum atomic E-state index is -0.575. The molecule has 5 heteroatoms. The Hall–Kier alpha value is -2.46. The molecule has 1 heterocycles. The third-order valence-corrected chi connectivity index (χ3v) is 3.25. The zero-order chi connectivity index (χ0) is 14.8. The number of carbonyl (C=O) groups is 1. The number of hydrogen-bond donors (Lipinski definition) is 1. The SMILES string of the molecule is O=C(Nc1cc(Cl)cc2cccnc12)c1ccccc1F. The van der Waals surface area contributed by atoms with E-state index in [4.69, 9.17) is 11.6 Å². The molecule has 1 N–H and O–H groups in total. The molecule has 3 aromatic rings. The van der Waals surface area contributed by atoms with Gasteiger partial charge in [0.2, 0.25) is 0 Å². The molecule has 0 spiro atoms. The number of carbonyl (C=O) groups excluding carboxylic acids is 1. The van der Waals surface area contributed by atoms with Crippen LogP contribution < -0.4 is 5.32 Å². The Kier molecular flexibility index (Phi) is 3.54. The molecule has 104 valence electrons. The van der Waals surface area contributed by atoms with Crippen molar-refractivity contribution in [2.24, 2.45) is 0 Å². The summed E-state index contributed by atoms with van der Waals surface area (Å²) in [5.41, 5.74) is 1.03. The van der Waals surface area contributed by atoms with Crippen LogP contribution in [0.2, 0.25) is 5.02 Å². The van der Waals surface area contributed by atoms with Crippen LogP contribution in [-0.2, 0) is 0 Å². The van der Waals surface area contributed by atoms with Gasteiger partial charge in [0.05, 0.1) is 16.8 Å². The van der Waals surface area contributed by atoms with Crippen molar-refractivity contribution >= 4 is 34.1 Å². The topological polar surface area (TPSA) is 42.0 Å². The maximum Gasteiger partial charge on any atom is 0.258 e. The van der Waals surface area contributed by atoms with Crippen LogP contribution in [0.1, 0.15) is 10.4 Å². The number of rotatable bonds is 2. The second-order valence-electron chi connectivity index (χ2n) is 4.46. The Bertz CT molecular complexity index is 835. The lowest BCUT2D eigenvalue weighted by Gasteiger charge is -2.09. The fourth-order valence-electron chi connectivity index (χ4n) is 2.09. The molecule has 0 bridgehead atoms. The molecular weight excluding hydrogens is 291 g/mol. The number of pyridine rings is 1. The third kappa shape index (κ3) is 2.71. The first-order valence-corrected chi connectivity index (χ1v) is 6.63. The maximum absolute atomic E-state index is 13.6. The predicted octanol–water partition coefficient (Wildman–Crippen LogP) is 4.28. The molecule has 0 aliphatic carbocycles. The number of aromatic nitrogens is 1. The van der Waals surface area contributed by atoms with Crippen molar-refractivity contribution in [1.82, 2.24) is 4.98 Å². The monoisotopic (exact) mass is 300 g/mol. The molecule has 21 heavy (non-hydrogen) atoms. The number of hydrogen-bond acceptors (Lipinski definition) is 2. The van der Waals surface area contributed by atoms with Crippen LogP contribution in [0.3, 0.4) is 0 Å². The zero-order valence-corrected chi connectivity index (χ0v) is 11.6. The molecular formula is C16H10ClFN2O. The van der Waals surface area contributed by atoms with Crippen molar-refractivity contribution in [2.75, 3.05) is 5.32 Å². The molecule has 1 amide bonds. The largest absolute Gasteiger partial charge is 0.320 e. The Morgan fingerprint density at radius 3 is 2.76 bits per heavy atom. The van der Waals surface area contributed by atoms with E-state index in [1.165, 1.54) is 18.2 Å². The average molecular weight is 301 g/mol. The predicted molar refractivity (Wildman–Crippen MR) is 81.1 cm³/mol. The van der Waals surface area contributed by atoms with Gasteiger partial charge in [0, 0.05) is 16.6 Å². The van der Waals surface area contributed by atoms with Gasteiger partial charge in [0.25, 0.3) is 5.91 Å². The molecule has 0 saturated heterocycles. The summed E-state index contributed by atoms with van der Waals surface area (Å²) in [7, 11) is 0. The minimum absolute atomic E-state index is 0.0263. The number of nitrogens with one attached hydrogen (secondary N) is 1. The van der Waals surface area contributed by atoms with E-state index < -0.39 is 11.7 Å². The number of amides is 1. The van der Waals surface area contributed by atoms with E-state index in [-0.39, 0.29) is 5.56 Å². The molecule has 0 saturated carbocycles. The number of halogens is 2. The summed E-state index contributed by atoms with van der Waals surface area (Å²) in [5, 5.41) is 3.93. The highest BCUT2D eigenvalue weighted by Crippen LogP contribution is 2.26. The van der Waals surface area contributed by atoms with Crippen LogP contribution in [0.15, 0.2) is 54.7 Å². The molecule has 3 nitrogen and oxygen atoms in total. The first-order chi connectivity index (χ1) is 10.1. The highest BCUT2D eigenvalue weighted by molar-refractivity contribution is 6.32. The summed E-state index contributed by atoms with van der Waals surface area (Å²) < 4.78 is 13.6. The molecule has 0 radical (unpaired) electrons. The van der Waals surface area contributed by atoms with Crippen LogP contribution in [0, 0.1) is 5.82 Å². The van der Waals surface area contributed by atoms with E-state index in [0.29, 0.717) is 16.2 Å². The van der Waals surface area contributed by atoms with E-state index in [1.807, 2.05) is 6.07 Å². The Balaban J connectivity index is 2.02.